The average molecular weight is 403 g/mol. The molecule has 0 aromatic rings. The van der Waals surface area contributed by atoms with Crippen molar-refractivity contribution in [2.45, 2.75) is 89.8 Å². The zero-order valence-corrected chi connectivity index (χ0v) is 19.0. The Morgan fingerprint density at radius 3 is 2.48 bits per heavy atom. The van der Waals surface area contributed by atoms with Gasteiger partial charge in [-0.25, -0.2) is 4.79 Å². The van der Waals surface area contributed by atoms with Gasteiger partial charge in [-0.3, -0.25) is 9.69 Å². The van der Waals surface area contributed by atoms with Crippen molar-refractivity contribution in [3.05, 3.63) is 0 Å². The van der Waals surface area contributed by atoms with E-state index in [1.54, 1.807) is 4.90 Å². The van der Waals surface area contributed by atoms with Crippen LogP contribution in [-0.2, 0) is 14.0 Å². The van der Waals surface area contributed by atoms with Crippen molar-refractivity contribution < 1.29 is 23.9 Å². The lowest BCUT2D eigenvalue weighted by Gasteiger charge is -2.38. The maximum Gasteiger partial charge on any atom is 0.410 e. The number of unbranched alkanes of at least 4 members (excludes halogenated alkanes) is 1. The maximum atomic E-state index is 12.5. The lowest BCUT2D eigenvalue weighted by molar-refractivity contribution is -0.123. The number of amides is 2. The summed E-state index contributed by atoms with van der Waals surface area (Å²) in [6.07, 6.45) is 0.652. The van der Waals surface area contributed by atoms with Crippen LogP contribution in [0.2, 0.25) is 18.1 Å². The van der Waals surface area contributed by atoms with Gasteiger partial charge in [-0.1, -0.05) is 34.1 Å². The Labute approximate surface area is 164 Å². The third-order valence-corrected chi connectivity index (χ3v) is 10.2. The fraction of sp³-hybridized carbons (Fsp3) is 0.895. The average Bonchev–Trinajstić information content (AvgIpc) is 2.97. The first-order chi connectivity index (χ1) is 12.4. The second-order valence-corrected chi connectivity index (χ2v) is 13.6. The topological polar surface area (TPSA) is 88.1 Å². The second kappa shape index (κ2) is 9.89. The number of carbonyl (C=O) groups is 2. The van der Waals surface area contributed by atoms with Gasteiger partial charge in [-0.15, -0.1) is 0 Å². The molecule has 3 atom stereocenters. The van der Waals surface area contributed by atoms with Gasteiger partial charge in [-0.2, -0.15) is 0 Å². The van der Waals surface area contributed by atoms with Crippen LogP contribution >= 0.6 is 0 Å². The summed E-state index contributed by atoms with van der Waals surface area (Å²) >= 11 is 0. The molecule has 2 N–H and O–H groups in total. The molecule has 1 aliphatic rings. The van der Waals surface area contributed by atoms with Gasteiger partial charge in [0.05, 0.1) is 31.3 Å². The van der Waals surface area contributed by atoms with Crippen molar-refractivity contribution in [1.82, 2.24) is 10.2 Å². The number of aliphatic hydroxyl groups excluding tert-OH is 1. The van der Waals surface area contributed by atoms with E-state index < -0.39 is 26.6 Å². The molecule has 158 valence electrons. The minimum atomic E-state index is -2.01. The fourth-order valence-corrected chi connectivity index (χ4v) is 4.25. The zero-order valence-electron chi connectivity index (χ0n) is 18.0. The van der Waals surface area contributed by atoms with Crippen molar-refractivity contribution in [3.63, 3.8) is 0 Å². The van der Waals surface area contributed by atoms with Crippen LogP contribution in [-0.4, -0.2) is 68.8 Å². The molecule has 1 rings (SSSR count). The van der Waals surface area contributed by atoms with Gasteiger partial charge in [-0.05, 0) is 31.0 Å². The predicted molar refractivity (Wildman–Crippen MR) is 108 cm³/mol. The summed E-state index contributed by atoms with van der Waals surface area (Å²) < 4.78 is 11.8. The highest BCUT2D eigenvalue weighted by molar-refractivity contribution is 6.74. The first kappa shape index (κ1) is 23.9. The van der Waals surface area contributed by atoms with E-state index in [-0.39, 0.29) is 23.5 Å². The van der Waals surface area contributed by atoms with E-state index in [9.17, 15) is 14.7 Å². The van der Waals surface area contributed by atoms with Crippen molar-refractivity contribution in [2.24, 2.45) is 0 Å². The molecular formula is C19H38N2O5Si. The lowest BCUT2D eigenvalue weighted by Crippen LogP contribution is -2.45. The molecule has 0 bridgehead atoms. The molecular weight excluding hydrogens is 364 g/mol. The molecule has 8 heteroatoms. The standard InChI is InChI=1S/C19H38N2O5Si/c1-8-9-10-25-18(24)21-13-14(26-27(6,7)19(2,3)4)11-15(21)16(22)12-17(23)20-5/h14-16,22H,8-13H2,1-7H3,(H,20,23)/t14?,15?,16-/m1/s1. The summed E-state index contributed by atoms with van der Waals surface area (Å²) in [4.78, 5) is 25.8. The summed E-state index contributed by atoms with van der Waals surface area (Å²) in [6.45, 7) is 13.6. The largest absolute Gasteiger partial charge is 0.449 e. The van der Waals surface area contributed by atoms with E-state index in [4.69, 9.17) is 9.16 Å². The Hall–Kier alpha value is -1.12. The van der Waals surface area contributed by atoms with E-state index in [1.165, 1.54) is 7.05 Å². The third-order valence-electron chi connectivity index (χ3n) is 5.65. The van der Waals surface area contributed by atoms with Gasteiger partial charge in [0.25, 0.3) is 0 Å². The molecule has 2 amide bonds. The lowest BCUT2D eigenvalue weighted by atomic mass is 10.0. The number of aliphatic hydroxyl groups is 1. The number of nitrogens with one attached hydrogen (secondary N) is 1. The minimum Gasteiger partial charge on any atom is -0.449 e. The normalized spacial score (nSPS) is 21.9. The van der Waals surface area contributed by atoms with Crippen LogP contribution in [0, 0.1) is 0 Å². The Bertz CT molecular complexity index is 507. The molecule has 1 saturated heterocycles. The molecule has 0 saturated carbocycles. The summed E-state index contributed by atoms with van der Waals surface area (Å²) in [5.74, 6) is -0.254. The van der Waals surface area contributed by atoms with Gasteiger partial charge in [0.15, 0.2) is 8.32 Å². The Morgan fingerprint density at radius 1 is 1.33 bits per heavy atom. The molecule has 2 unspecified atom stereocenters. The smallest absolute Gasteiger partial charge is 0.410 e. The summed E-state index contributed by atoms with van der Waals surface area (Å²) in [5, 5.41) is 13.1. The van der Waals surface area contributed by atoms with Crippen LogP contribution < -0.4 is 5.32 Å². The van der Waals surface area contributed by atoms with E-state index in [2.05, 4.69) is 39.2 Å². The number of ether oxygens (including phenoxy) is 1. The fourth-order valence-electron chi connectivity index (χ4n) is 2.89. The van der Waals surface area contributed by atoms with Crippen LogP contribution in [0.1, 0.15) is 53.4 Å². The number of hydrogen-bond donors (Lipinski definition) is 2. The highest BCUT2D eigenvalue weighted by Gasteiger charge is 2.45. The molecule has 27 heavy (non-hydrogen) atoms. The summed E-state index contributed by atoms with van der Waals surface area (Å²) in [6, 6.07) is -0.480. The van der Waals surface area contributed by atoms with Crippen molar-refractivity contribution >= 4 is 20.3 Å². The molecule has 0 spiro atoms. The van der Waals surface area contributed by atoms with E-state index >= 15 is 0 Å². The van der Waals surface area contributed by atoms with Crippen molar-refractivity contribution in [1.29, 1.82) is 0 Å². The van der Waals surface area contributed by atoms with Gasteiger partial charge in [0.2, 0.25) is 5.91 Å². The molecule has 0 radical (unpaired) electrons. The third kappa shape index (κ3) is 6.76. The van der Waals surface area contributed by atoms with E-state index in [0.717, 1.165) is 12.8 Å². The molecule has 0 aromatic carbocycles. The SMILES string of the molecule is CCCCOC(=O)N1CC(O[Si](C)(C)C(C)(C)C)CC1[C@H](O)CC(=O)NC. The van der Waals surface area contributed by atoms with Crippen LogP contribution in [0.3, 0.4) is 0 Å². The Morgan fingerprint density at radius 2 is 1.96 bits per heavy atom. The summed E-state index contributed by atoms with van der Waals surface area (Å²) in [7, 11) is -0.477. The molecule has 0 aliphatic carbocycles. The molecule has 1 heterocycles. The molecule has 7 nitrogen and oxygen atoms in total. The quantitative estimate of drug-likeness (QED) is 0.481. The van der Waals surface area contributed by atoms with Crippen LogP contribution in [0.15, 0.2) is 0 Å². The van der Waals surface area contributed by atoms with Crippen LogP contribution in [0.25, 0.3) is 0 Å². The van der Waals surface area contributed by atoms with Crippen LogP contribution in [0.5, 0.6) is 0 Å². The van der Waals surface area contributed by atoms with E-state index in [1.807, 2.05) is 6.92 Å². The molecule has 0 aromatic heterocycles. The summed E-state index contributed by atoms with van der Waals surface area (Å²) in [5.41, 5.74) is 0. The van der Waals surface area contributed by atoms with Crippen LogP contribution in [0.4, 0.5) is 4.79 Å². The first-order valence-corrected chi connectivity index (χ1v) is 12.8. The number of hydrogen-bond acceptors (Lipinski definition) is 5. The van der Waals surface area contributed by atoms with Crippen molar-refractivity contribution in [3.8, 4) is 0 Å². The first-order valence-electron chi connectivity index (χ1n) is 9.92. The zero-order chi connectivity index (χ0) is 20.8. The van der Waals surface area contributed by atoms with Gasteiger partial charge in [0, 0.05) is 13.6 Å². The molecule has 1 aliphatic heterocycles. The highest BCUT2D eigenvalue weighted by Crippen LogP contribution is 2.39. The van der Waals surface area contributed by atoms with Gasteiger partial charge >= 0.3 is 6.09 Å². The second-order valence-electron chi connectivity index (χ2n) is 8.87. The minimum absolute atomic E-state index is 0.0489. The Kier molecular flexibility index (Phi) is 8.76. The molecule has 1 fully saturated rings. The maximum absolute atomic E-state index is 12.5. The van der Waals surface area contributed by atoms with Crippen molar-refractivity contribution in [2.75, 3.05) is 20.2 Å². The van der Waals surface area contributed by atoms with Gasteiger partial charge < -0.3 is 19.6 Å². The van der Waals surface area contributed by atoms with E-state index in [0.29, 0.717) is 19.6 Å². The van der Waals surface area contributed by atoms with Gasteiger partial charge in [0.1, 0.15) is 0 Å². The monoisotopic (exact) mass is 402 g/mol. The number of likely N-dealkylation sites (tertiary alicyclic amines) is 1. The number of rotatable bonds is 8. The number of nitrogens with zero attached hydrogens (tertiary/aromatic N) is 1. The number of carbonyl (C=O) groups excluding carboxylic acids is 2. The predicted octanol–water partition coefficient (Wildman–Crippen LogP) is 2.88. The highest BCUT2D eigenvalue weighted by atomic mass is 28.4. The Balaban J connectivity index is 2.88.